The number of carbonyl (C=O) groups is 2. The van der Waals surface area contributed by atoms with E-state index in [1.807, 2.05) is 48.5 Å². The lowest BCUT2D eigenvalue weighted by atomic mass is 9.90. The lowest BCUT2D eigenvalue weighted by Gasteiger charge is -2.24. The molecule has 0 saturated carbocycles. The summed E-state index contributed by atoms with van der Waals surface area (Å²) in [6.07, 6.45) is 0.653. The highest BCUT2D eigenvalue weighted by Crippen LogP contribution is 2.26. The minimum Gasteiger partial charge on any atom is -0.355 e. The Morgan fingerprint density at radius 2 is 1.74 bits per heavy atom. The first-order chi connectivity index (χ1) is 12.7. The molecule has 0 aromatic heterocycles. The summed E-state index contributed by atoms with van der Waals surface area (Å²) >= 11 is 5.97. The number of carbonyl (C=O) groups excluding carboxylic acids is 2. The highest BCUT2D eigenvalue weighted by Gasteiger charge is 2.36. The molecule has 0 atom stereocenters. The first kappa shape index (κ1) is 21.0. The minimum atomic E-state index is -1.18. The zero-order valence-corrected chi connectivity index (χ0v) is 17.1. The Hall–Kier alpha value is -2.33. The number of benzene rings is 2. The predicted octanol–water partition coefficient (Wildman–Crippen LogP) is 4.79. The molecule has 0 aliphatic heterocycles. The smallest absolute Gasteiger partial charge is 0.239 e. The number of para-hydroxylation sites is 1. The van der Waals surface area contributed by atoms with E-state index in [1.54, 1.807) is 13.8 Å². The molecule has 0 aliphatic rings. The van der Waals surface area contributed by atoms with E-state index in [0.29, 0.717) is 18.0 Å². The van der Waals surface area contributed by atoms with Crippen LogP contribution >= 0.6 is 11.6 Å². The highest BCUT2D eigenvalue weighted by atomic mass is 35.5. The van der Waals surface area contributed by atoms with Crippen molar-refractivity contribution in [2.45, 2.75) is 40.0 Å². The molecule has 27 heavy (non-hydrogen) atoms. The molecule has 5 heteroatoms. The second-order valence-electron chi connectivity index (χ2n) is 7.46. The number of amides is 2. The van der Waals surface area contributed by atoms with Gasteiger partial charge in [0.05, 0.1) is 0 Å². The summed E-state index contributed by atoms with van der Waals surface area (Å²) < 4.78 is 0. The predicted molar refractivity (Wildman–Crippen MR) is 111 cm³/mol. The van der Waals surface area contributed by atoms with E-state index in [2.05, 4.69) is 24.5 Å². The van der Waals surface area contributed by atoms with Crippen LogP contribution in [0, 0.1) is 5.41 Å². The molecule has 2 amide bonds. The van der Waals surface area contributed by atoms with Gasteiger partial charge in [-0.05, 0) is 55.5 Å². The van der Waals surface area contributed by atoms with Crippen LogP contribution in [0.3, 0.4) is 0 Å². The number of hydrogen-bond acceptors (Lipinski definition) is 2. The molecule has 0 bridgehead atoms. The molecule has 0 spiro atoms. The Labute approximate surface area is 166 Å². The molecular weight excluding hydrogens is 360 g/mol. The van der Waals surface area contributed by atoms with Crippen molar-refractivity contribution in [1.29, 1.82) is 0 Å². The largest absolute Gasteiger partial charge is 0.355 e. The zero-order chi connectivity index (χ0) is 20.0. The average molecular weight is 387 g/mol. The van der Waals surface area contributed by atoms with Crippen LogP contribution in [0.15, 0.2) is 48.5 Å². The molecule has 0 heterocycles. The number of hydrogen-bond donors (Lipinski definition) is 2. The van der Waals surface area contributed by atoms with Gasteiger partial charge in [-0.1, -0.05) is 55.8 Å². The van der Waals surface area contributed by atoms with Gasteiger partial charge in [0.2, 0.25) is 11.8 Å². The van der Waals surface area contributed by atoms with E-state index in [9.17, 15) is 9.59 Å². The van der Waals surface area contributed by atoms with Gasteiger partial charge in [0.25, 0.3) is 0 Å². The monoisotopic (exact) mass is 386 g/mol. The number of halogens is 1. The summed E-state index contributed by atoms with van der Waals surface area (Å²) in [7, 11) is 0. The standard InChI is InChI=1S/C22H27ClN2O2/c1-15(2)18-10-5-6-11-19(18)25-21(27)22(3,4)20(26)24-13-12-16-8-7-9-17(23)14-16/h5-11,14-15H,12-13H2,1-4H3,(H,24,26)(H,25,27). The summed E-state index contributed by atoms with van der Waals surface area (Å²) in [6.45, 7) is 7.85. The van der Waals surface area contributed by atoms with E-state index in [-0.39, 0.29) is 17.7 Å². The van der Waals surface area contributed by atoms with Gasteiger partial charge in [0.15, 0.2) is 0 Å². The Balaban J connectivity index is 1.97. The van der Waals surface area contributed by atoms with Gasteiger partial charge in [-0.2, -0.15) is 0 Å². The zero-order valence-electron chi connectivity index (χ0n) is 16.3. The van der Waals surface area contributed by atoms with Crippen LogP contribution in [0.5, 0.6) is 0 Å². The first-order valence-electron chi connectivity index (χ1n) is 9.15. The molecular formula is C22H27ClN2O2. The van der Waals surface area contributed by atoms with Gasteiger partial charge in [0, 0.05) is 17.3 Å². The Morgan fingerprint density at radius 3 is 2.41 bits per heavy atom. The quantitative estimate of drug-likeness (QED) is 0.672. The summed E-state index contributed by atoms with van der Waals surface area (Å²) in [5.41, 5.74) is 1.65. The van der Waals surface area contributed by atoms with Crippen molar-refractivity contribution in [1.82, 2.24) is 5.32 Å². The van der Waals surface area contributed by atoms with Gasteiger partial charge in [-0.25, -0.2) is 0 Å². The second kappa shape index (κ2) is 9.05. The molecule has 2 rings (SSSR count). The van der Waals surface area contributed by atoms with Crippen LogP contribution in [0.25, 0.3) is 0 Å². The van der Waals surface area contributed by atoms with Crippen molar-refractivity contribution in [3.63, 3.8) is 0 Å². The average Bonchev–Trinajstić information content (AvgIpc) is 2.61. The lowest BCUT2D eigenvalue weighted by Crippen LogP contribution is -2.45. The molecule has 2 aromatic rings. The third-order valence-electron chi connectivity index (χ3n) is 4.55. The molecule has 0 unspecified atom stereocenters. The fraction of sp³-hybridized carbons (Fsp3) is 0.364. The normalized spacial score (nSPS) is 11.3. The summed E-state index contributed by atoms with van der Waals surface area (Å²) in [5.74, 6) is -0.351. The molecule has 2 aromatic carbocycles. The van der Waals surface area contributed by atoms with Crippen LogP contribution in [0.2, 0.25) is 5.02 Å². The topological polar surface area (TPSA) is 58.2 Å². The van der Waals surface area contributed by atoms with E-state index in [1.165, 1.54) is 0 Å². The van der Waals surface area contributed by atoms with Crippen molar-refractivity contribution in [3.8, 4) is 0 Å². The molecule has 0 fully saturated rings. The van der Waals surface area contributed by atoms with Crippen LogP contribution < -0.4 is 10.6 Å². The number of nitrogens with one attached hydrogen (secondary N) is 2. The van der Waals surface area contributed by atoms with E-state index in [0.717, 1.165) is 16.8 Å². The maximum atomic E-state index is 12.7. The fourth-order valence-corrected chi connectivity index (χ4v) is 2.94. The van der Waals surface area contributed by atoms with Gasteiger partial charge in [0.1, 0.15) is 5.41 Å². The lowest BCUT2D eigenvalue weighted by molar-refractivity contribution is -0.138. The second-order valence-corrected chi connectivity index (χ2v) is 7.89. The number of rotatable bonds is 7. The maximum absolute atomic E-state index is 12.7. The van der Waals surface area contributed by atoms with Crippen molar-refractivity contribution in [3.05, 3.63) is 64.7 Å². The van der Waals surface area contributed by atoms with Crippen molar-refractivity contribution >= 4 is 29.1 Å². The van der Waals surface area contributed by atoms with E-state index < -0.39 is 5.41 Å². The van der Waals surface area contributed by atoms with Crippen LogP contribution in [-0.2, 0) is 16.0 Å². The van der Waals surface area contributed by atoms with E-state index >= 15 is 0 Å². The third-order valence-corrected chi connectivity index (χ3v) is 4.79. The Morgan fingerprint density at radius 1 is 1.04 bits per heavy atom. The molecule has 0 radical (unpaired) electrons. The summed E-state index contributed by atoms with van der Waals surface area (Å²) in [4.78, 5) is 25.3. The van der Waals surface area contributed by atoms with Crippen molar-refractivity contribution < 1.29 is 9.59 Å². The van der Waals surface area contributed by atoms with Crippen molar-refractivity contribution in [2.75, 3.05) is 11.9 Å². The van der Waals surface area contributed by atoms with Crippen LogP contribution in [-0.4, -0.2) is 18.4 Å². The Bertz CT molecular complexity index is 815. The number of anilines is 1. The Kier molecular flexibility index (Phi) is 7.03. The molecule has 0 aliphatic carbocycles. The summed E-state index contributed by atoms with van der Waals surface area (Å²) in [6, 6.07) is 15.2. The summed E-state index contributed by atoms with van der Waals surface area (Å²) in [5, 5.41) is 6.43. The SMILES string of the molecule is CC(C)c1ccccc1NC(=O)C(C)(C)C(=O)NCCc1cccc(Cl)c1. The first-order valence-corrected chi connectivity index (χ1v) is 9.52. The fourth-order valence-electron chi connectivity index (χ4n) is 2.73. The molecule has 2 N–H and O–H groups in total. The molecule has 144 valence electrons. The molecule has 4 nitrogen and oxygen atoms in total. The van der Waals surface area contributed by atoms with E-state index in [4.69, 9.17) is 11.6 Å². The van der Waals surface area contributed by atoms with Crippen LogP contribution in [0.1, 0.15) is 44.7 Å². The van der Waals surface area contributed by atoms with Gasteiger partial charge in [-0.3, -0.25) is 9.59 Å². The molecule has 0 saturated heterocycles. The highest BCUT2D eigenvalue weighted by molar-refractivity contribution is 6.30. The van der Waals surface area contributed by atoms with Gasteiger partial charge in [-0.15, -0.1) is 0 Å². The van der Waals surface area contributed by atoms with Crippen LogP contribution in [0.4, 0.5) is 5.69 Å². The van der Waals surface area contributed by atoms with Crippen molar-refractivity contribution in [2.24, 2.45) is 5.41 Å². The van der Waals surface area contributed by atoms with Gasteiger partial charge >= 0.3 is 0 Å². The van der Waals surface area contributed by atoms with Gasteiger partial charge < -0.3 is 10.6 Å². The minimum absolute atomic E-state index is 0.274. The third kappa shape index (κ3) is 5.57. The maximum Gasteiger partial charge on any atom is 0.239 e.